The average molecular weight is 452 g/mol. The molecule has 0 spiro atoms. The van der Waals surface area contributed by atoms with E-state index in [9.17, 15) is 4.79 Å². The lowest BCUT2D eigenvalue weighted by molar-refractivity contribution is -0.116. The molecule has 0 radical (unpaired) electrons. The van der Waals surface area contributed by atoms with Crippen molar-refractivity contribution in [2.75, 3.05) is 6.61 Å². The maximum Gasteiger partial charge on any atom is 0.244 e. The Labute approximate surface area is 197 Å². The fourth-order valence-corrected chi connectivity index (χ4v) is 4.22. The van der Waals surface area contributed by atoms with Crippen LogP contribution in [0.5, 0.6) is 5.75 Å². The van der Waals surface area contributed by atoms with Crippen molar-refractivity contribution >= 4 is 33.2 Å². The summed E-state index contributed by atoms with van der Waals surface area (Å²) in [5.74, 6) is 1.19. The fourth-order valence-electron chi connectivity index (χ4n) is 4.22. The summed E-state index contributed by atoms with van der Waals surface area (Å²) in [6.07, 6.45) is 4.97. The van der Waals surface area contributed by atoms with E-state index in [1.165, 1.54) is 5.39 Å². The van der Waals surface area contributed by atoms with Crippen LogP contribution in [0, 0.1) is 0 Å². The second-order valence-electron chi connectivity index (χ2n) is 8.08. The van der Waals surface area contributed by atoms with Crippen molar-refractivity contribution in [1.29, 1.82) is 0 Å². The lowest BCUT2D eigenvalue weighted by Gasteiger charge is -2.12. The van der Waals surface area contributed by atoms with Gasteiger partial charge in [-0.25, -0.2) is 0 Å². The lowest BCUT2D eigenvalue weighted by atomic mass is 9.96. The smallest absolute Gasteiger partial charge is 0.244 e. The molecule has 2 heterocycles. The molecule has 0 fully saturated rings. The Morgan fingerprint density at radius 1 is 0.971 bits per heavy atom. The highest BCUT2D eigenvalue weighted by Gasteiger charge is 2.16. The van der Waals surface area contributed by atoms with Crippen LogP contribution in [0.1, 0.15) is 25.2 Å². The third-order valence-electron chi connectivity index (χ3n) is 5.84. The Bertz CT molecular complexity index is 1490. The van der Waals surface area contributed by atoms with E-state index in [1.54, 1.807) is 24.7 Å². The number of nitrogens with one attached hydrogen (secondary N) is 1. The first kappa shape index (κ1) is 21.6. The highest BCUT2D eigenvalue weighted by atomic mass is 16.5. The van der Waals surface area contributed by atoms with Crippen molar-refractivity contribution in [3.63, 3.8) is 0 Å². The zero-order valence-electron chi connectivity index (χ0n) is 19.1. The van der Waals surface area contributed by atoms with Crippen LogP contribution in [-0.2, 0) is 11.3 Å². The van der Waals surface area contributed by atoms with E-state index in [-0.39, 0.29) is 5.91 Å². The second-order valence-corrected chi connectivity index (χ2v) is 8.08. The van der Waals surface area contributed by atoms with Gasteiger partial charge in [0.2, 0.25) is 5.91 Å². The Morgan fingerprint density at radius 2 is 1.82 bits per heavy atom. The molecule has 1 N–H and O–H groups in total. The summed E-state index contributed by atoms with van der Waals surface area (Å²) in [5.41, 5.74) is 4.50. The van der Waals surface area contributed by atoms with Gasteiger partial charge in [-0.05, 0) is 54.0 Å². The molecule has 0 saturated heterocycles. The minimum Gasteiger partial charge on any atom is -0.493 e. The molecule has 2 aromatic heterocycles. The molecule has 1 amide bonds. The zero-order chi connectivity index (χ0) is 23.5. The predicted molar refractivity (Wildman–Crippen MR) is 135 cm³/mol. The fraction of sp³-hybridized carbons (Fsp3) is 0.138. The van der Waals surface area contributed by atoms with Gasteiger partial charge in [-0.15, -0.1) is 0 Å². The van der Waals surface area contributed by atoms with Crippen LogP contribution in [0.2, 0.25) is 0 Å². The molecule has 0 saturated carbocycles. The molecule has 5 rings (SSSR count). The van der Waals surface area contributed by atoms with Crippen LogP contribution >= 0.6 is 0 Å². The summed E-state index contributed by atoms with van der Waals surface area (Å²) < 4.78 is 17.1. The van der Waals surface area contributed by atoms with Crippen molar-refractivity contribution < 1.29 is 18.4 Å². The lowest BCUT2D eigenvalue weighted by Crippen LogP contribution is -2.20. The molecule has 5 heteroatoms. The standard InChI is InChI=1S/C29H25NO4/c1-3-32-27-16-28-25(15-24(27)19(2)14-29(31)30-17-21-10-7-13-33-21)26(18-34-28)23-12-6-9-20-8-4-5-11-22(20)23/h4-16,18H,3,17H2,1-2H3,(H,30,31)/b19-14+. The molecule has 0 unspecified atom stereocenters. The molecule has 0 aliphatic carbocycles. The Hall–Kier alpha value is -4.25. The van der Waals surface area contributed by atoms with Crippen LogP contribution in [0.3, 0.4) is 0 Å². The minimum atomic E-state index is -0.196. The molecule has 5 nitrogen and oxygen atoms in total. The summed E-state index contributed by atoms with van der Waals surface area (Å²) in [7, 11) is 0. The molecule has 0 aliphatic heterocycles. The first-order valence-corrected chi connectivity index (χ1v) is 11.3. The number of carbonyl (C=O) groups is 1. The van der Waals surface area contributed by atoms with Gasteiger partial charge >= 0.3 is 0 Å². The Balaban J connectivity index is 1.55. The number of carbonyl (C=O) groups excluding carboxylic acids is 1. The van der Waals surface area contributed by atoms with Crippen molar-refractivity contribution in [2.24, 2.45) is 0 Å². The van der Waals surface area contributed by atoms with Crippen LogP contribution in [0.4, 0.5) is 0 Å². The normalized spacial score (nSPS) is 11.8. The third kappa shape index (κ3) is 4.20. The molecular formula is C29H25NO4. The average Bonchev–Trinajstić information content (AvgIpc) is 3.52. The minimum absolute atomic E-state index is 0.196. The number of amides is 1. The van der Waals surface area contributed by atoms with Gasteiger partial charge in [0, 0.05) is 28.7 Å². The van der Waals surface area contributed by atoms with Crippen LogP contribution in [0.25, 0.3) is 38.4 Å². The van der Waals surface area contributed by atoms with E-state index in [1.807, 2.05) is 44.2 Å². The monoisotopic (exact) mass is 451 g/mol. The van der Waals surface area contributed by atoms with E-state index in [2.05, 4.69) is 35.6 Å². The second kappa shape index (κ2) is 9.32. The molecule has 0 aliphatic rings. The largest absolute Gasteiger partial charge is 0.493 e. The Kier molecular flexibility index (Phi) is 5.91. The first-order valence-electron chi connectivity index (χ1n) is 11.3. The van der Waals surface area contributed by atoms with Crippen molar-refractivity contribution in [2.45, 2.75) is 20.4 Å². The number of hydrogen-bond donors (Lipinski definition) is 1. The van der Waals surface area contributed by atoms with Gasteiger partial charge in [0.05, 0.1) is 25.7 Å². The van der Waals surface area contributed by atoms with Gasteiger partial charge in [-0.3, -0.25) is 4.79 Å². The van der Waals surface area contributed by atoms with Crippen LogP contribution < -0.4 is 10.1 Å². The van der Waals surface area contributed by atoms with Gasteiger partial charge in [0.1, 0.15) is 17.1 Å². The topological polar surface area (TPSA) is 64.6 Å². The number of allylic oxidation sites excluding steroid dienone is 1. The van der Waals surface area contributed by atoms with E-state index in [4.69, 9.17) is 13.6 Å². The van der Waals surface area contributed by atoms with Gasteiger partial charge in [-0.1, -0.05) is 42.5 Å². The summed E-state index contributed by atoms with van der Waals surface area (Å²) >= 11 is 0. The molecule has 0 atom stereocenters. The maximum atomic E-state index is 12.6. The SMILES string of the molecule is CCOc1cc2occ(-c3cccc4ccccc34)c2cc1/C(C)=C/C(=O)NCc1ccco1. The predicted octanol–water partition coefficient (Wildman–Crippen LogP) is 6.96. The van der Waals surface area contributed by atoms with Crippen molar-refractivity contribution in [3.05, 3.63) is 96.7 Å². The van der Waals surface area contributed by atoms with Crippen molar-refractivity contribution in [1.82, 2.24) is 5.32 Å². The number of fused-ring (bicyclic) bond motifs is 2. The highest BCUT2D eigenvalue weighted by Crippen LogP contribution is 2.39. The molecule has 34 heavy (non-hydrogen) atoms. The van der Waals surface area contributed by atoms with Crippen LogP contribution in [0.15, 0.2) is 94.2 Å². The number of hydrogen-bond acceptors (Lipinski definition) is 4. The van der Waals surface area contributed by atoms with Gasteiger partial charge < -0.3 is 18.9 Å². The van der Waals surface area contributed by atoms with Crippen LogP contribution in [-0.4, -0.2) is 12.5 Å². The third-order valence-corrected chi connectivity index (χ3v) is 5.84. The number of ether oxygens (including phenoxy) is 1. The molecule has 3 aromatic carbocycles. The van der Waals surface area contributed by atoms with Crippen molar-refractivity contribution in [3.8, 4) is 16.9 Å². The number of benzene rings is 3. The quantitative estimate of drug-likeness (QED) is 0.272. The van der Waals surface area contributed by atoms with Gasteiger partial charge in [-0.2, -0.15) is 0 Å². The zero-order valence-corrected chi connectivity index (χ0v) is 19.1. The Morgan fingerprint density at radius 3 is 2.65 bits per heavy atom. The number of rotatable bonds is 7. The van der Waals surface area contributed by atoms with E-state index >= 15 is 0 Å². The first-order chi connectivity index (χ1) is 16.6. The molecule has 5 aromatic rings. The number of furan rings is 2. The molecule has 0 bridgehead atoms. The summed E-state index contributed by atoms with van der Waals surface area (Å²) in [4.78, 5) is 12.6. The molecule has 170 valence electrons. The van der Waals surface area contributed by atoms with Gasteiger partial charge in [0.15, 0.2) is 0 Å². The maximum absolute atomic E-state index is 12.6. The van der Waals surface area contributed by atoms with E-state index in [0.717, 1.165) is 38.6 Å². The summed E-state index contributed by atoms with van der Waals surface area (Å²) in [5, 5.41) is 6.16. The van der Waals surface area contributed by atoms with E-state index in [0.29, 0.717) is 24.7 Å². The summed E-state index contributed by atoms with van der Waals surface area (Å²) in [6.45, 7) is 4.69. The van der Waals surface area contributed by atoms with E-state index < -0.39 is 0 Å². The summed E-state index contributed by atoms with van der Waals surface area (Å²) in [6, 6.07) is 22.1. The van der Waals surface area contributed by atoms with Gasteiger partial charge in [0.25, 0.3) is 0 Å². The highest BCUT2D eigenvalue weighted by molar-refractivity contribution is 6.06. The molecular weight excluding hydrogens is 426 g/mol.